The second-order valence-corrected chi connectivity index (χ2v) is 8.18. The predicted molar refractivity (Wildman–Crippen MR) is 130 cm³/mol. The molecule has 0 saturated heterocycles. The normalized spacial score (nSPS) is 11.4. The summed E-state index contributed by atoms with van der Waals surface area (Å²) in [5.74, 6) is 0.461. The Hall–Kier alpha value is -3.47. The lowest BCUT2D eigenvalue weighted by atomic mass is 10.1. The van der Waals surface area contributed by atoms with Gasteiger partial charge in [0.05, 0.1) is 5.52 Å². The number of hydrogen-bond donors (Lipinski definition) is 1. The van der Waals surface area contributed by atoms with Crippen molar-refractivity contribution in [1.82, 2.24) is 4.57 Å². The zero-order valence-electron chi connectivity index (χ0n) is 19.2. The van der Waals surface area contributed by atoms with Gasteiger partial charge in [-0.1, -0.05) is 47.6 Å². The van der Waals surface area contributed by atoms with Gasteiger partial charge in [0, 0.05) is 18.5 Å². The molecule has 2 aromatic carbocycles. The topological polar surface area (TPSA) is 60.7 Å². The van der Waals surface area contributed by atoms with Gasteiger partial charge in [-0.05, 0) is 57.4 Å². The summed E-state index contributed by atoms with van der Waals surface area (Å²) in [6.45, 7) is 6.94. The first-order chi connectivity index (χ1) is 15.4. The molecule has 0 fully saturated rings. The molecule has 3 rings (SSSR count). The highest BCUT2D eigenvalue weighted by atomic mass is 16.5. The summed E-state index contributed by atoms with van der Waals surface area (Å²) >= 11 is 0. The van der Waals surface area contributed by atoms with Crippen LogP contribution in [0.5, 0.6) is 17.2 Å². The van der Waals surface area contributed by atoms with Gasteiger partial charge in [0.2, 0.25) is 5.75 Å². The first kappa shape index (κ1) is 23.2. The van der Waals surface area contributed by atoms with Crippen molar-refractivity contribution < 1.29 is 14.6 Å². The molecule has 0 spiro atoms. The van der Waals surface area contributed by atoms with E-state index in [1.54, 1.807) is 13.1 Å². The lowest BCUT2D eigenvalue weighted by Crippen LogP contribution is -2.18. The van der Waals surface area contributed by atoms with Crippen LogP contribution >= 0.6 is 0 Å². The maximum Gasteiger partial charge on any atom is 0.296 e. The van der Waals surface area contributed by atoms with Crippen LogP contribution in [0.2, 0.25) is 0 Å². The molecule has 3 aromatic rings. The van der Waals surface area contributed by atoms with E-state index >= 15 is 0 Å². The van der Waals surface area contributed by atoms with E-state index in [4.69, 9.17) is 9.47 Å². The minimum Gasteiger partial charge on any atom is -0.500 e. The number of aromatic hydroxyl groups is 1. The van der Waals surface area contributed by atoms with Gasteiger partial charge in [-0.25, -0.2) is 0 Å². The Balaban J connectivity index is 1.80. The highest BCUT2D eigenvalue weighted by Gasteiger charge is 2.16. The fourth-order valence-electron chi connectivity index (χ4n) is 3.41. The average molecular weight is 434 g/mol. The van der Waals surface area contributed by atoms with Crippen molar-refractivity contribution >= 4 is 10.9 Å². The van der Waals surface area contributed by atoms with E-state index < -0.39 is 5.56 Å². The monoisotopic (exact) mass is 433 g/mol. The van der Waals surface area contributed by atoms with E-state index in [1.807, 2.05) is 48.5 Å². The van der Waals surface area contributed by atoms with Gasteiger partial charge in [0.15, 0.2) is 5.75 Å². The lowest BCUT2D eigenvalue weighted by molar-refractivity contribution is 0.306. The largest absolute Gasteiger partial charge is 0.500 e. The third-order valence-corrected chi connectivity index (χ3v) is 5.30. The Labute approximate surface area is 189 Å². The van der Waals surface area contributed by atoms with Crippen molar-refractivity contribution in [1.29, 1.82) is 0 Å². The summed E-state index contributed by atoms with van der Waals surface area (Å²) in [6, 6.07) is 15.3. The van der Waals surface area contributed by atoms with Crippen LogP contribution in [-0.4, -0.2) is 16.3 Å². The van der Waals surface area contributed by atoms with Gasteiger partial charge < -0.3 is 19.1 Å². The summed E-state index contributed by atoms with van der Waals surface area (Å²) in [7, 11) is 1.63. The summed E-state index contributed by atoms with van der Waals surface area (Å²) in [5, 5.41) is 11.1. The fraction of sp³-hybridized carbons (Fsp3) is 0.296. The number of nitrogens with zero attached hydrogens (tertiary/aromatic N) is 1. The lowest BCUT2D eigenvalue weighted by Gasteiger charge is -2.14. The first-order valence-electron chi connectivity index (χ1n) is 10.8. The number of hydrogen-bond acceptors (Lipinski definition) is 4. The molecule has 0 radical (unpaired) electrons. The molecule has 1 aromatic heterocycles. The molecule has 0 aliphatic heterocycles. The zero-order valence-corrected chi connectivity index (χ0v) is 19.2. The van der Waals surface area contributed by atoms with E-state index in [2.05, 4.69) is 26.8 Å². The molecule has 0 atom stereocenters. The SMILES string of the molecule is CC(C)=CCC/C(C)=C/COc1c(O)c(=O)n(C)c2cc(OCc3ccccc3)ccc12. The van der Waals surface area contributed by atoms with Crippen LogP contribution in [0.15, 0.2) is 76.6 Å². The van der Waals surface area contributed by atoms with Crippen LogP contribution in [0.25, 0.3) is 10.9 Å². The maximum absolute atomic E-state index is 12.6. The summed E-state index contributed by atoms with van der Waals surface area (Å²) in [4.78, 5) is 12.6. The number of rotatable bonds is 9. The van der Waals surface area contributed by atoms with Crippen LogP contribution in [0.4, 0.5) is 0 Å². The van der Waals surface area contributed by atoms with Crippen LogP contribution in [0.3, 0.4) is 0 Å². The molecular weight excluding hydrogens is 402 g/mol. The number of allylic oxidation sites excluding steroid dienone is 3. The third kappa shape index (κ3) is 5.82. The molecule has 1 heterocycles. The van der Waals surface area contributed by atoms with Gasteiger partial charge in [-0.15, -0.1) is 0 Å². The number of aromatic nitrogens is 1. The van der Waals surface area contributed by atoms with Crippen molar-refractivity contribution in [2.45, 2.75) is 40.2 Å². The van der Waals surface area contributed by atoms with Gasteiger partial charge in [-0.3, -0.25) is 4.79 Å². The standard InChI is InChI=1S/C27H31NO4/c1-19(2)9-8-10-20(3)15-16-31-26-23-14-13-22(32-18-21-11-6-5-7-12-21)17-24(23)28(4)27(30)25(26)29/h5-7,9,11-15,17,29H,8,10,16,18H2,1-4H3/b20-15+. The number of benzene rings is 2. The quantitative estimate of drug-likeness (QED) is 0.427. The van der Waals surface area contributed by atoms with Crippen molar-refractivity contribution in [2.75, 3.05) is 6.61 Å². The smallest absolute Gasteiger partial charge is 0.296 e. The van der Waals surface area contributed by atoms with E-state index in [1.165, 1.54) is 15.7 Å². The second-order valence-electron chi connectivity index (χ2n) is 8.18. The van der Waals surface area contributed by atoms with Crippen molar-refractivity contribution in [3.63, 3.8) is 0 Å². The summed E-state index contributed by atoms with van der Waals surface area (Å²) < 4.78 is 13.2. The van der Waals surface area contributed by atoms with Gasteiger partial charge in [0.1, 0.15) is 19.0 Å². The fourth-order valence-corrected chi connectivity index (χ4v) is 3.41. The maximum atomic E-state index is 12.6. The molecule has 168 valence electrons. The molecule has 0 unspecified atom stereocenters. The molecular formula is C27H31NO4. The Morgan fingerprint density at radius 1 is 1.03 bits per heavy atom. The molecule has 0 aliphatic carbocycles. The Kier molecular flexibility index (Phi) is 7.77. The number of fused-ring (bicyclic) bond motifs is 1. The van der Waals surface area contributed by atoms with Gasteiger partial charge in [-0.2, -0.15) is 0 Å². The number of ether oxygens (including phenoxy) is 2. The van der Waals surface area contributed by atoms with E-state index in [-0.39, 0.29) is 18.1 Å². The van der Waals surface area contributed by atoms with Gasteiger partial charge >= 0.3 is 0 Å². The molecule has 0 bridgehead atoms. The predicted octanol–water partition coefficient (Wildman–Crippen LogP) is 5.89. The van der Waals surface area contributed by atoms with Crippen LogP contribution in [-0.2, 0) is 13.7 Å². The highest BCUT2D eigenvalue weighted by Crippen LogP contribution is 2.33. The second kappa shape index (κ2) is 10.7. The number of aryl methyl sites for hydroxylation is 1. The molecule has 5 nitrogen and oxygen atoms in total. The molecule has 1 N–H and O–H groups in total. The molecule has 32 heavy (non-hydrogen) atoms. The Morgan fingerprint density at radius 2 is 1.78 bits per heavy atom. The van der Waals surface area contributed by atoms with E-state index in [9.17, 15) is 9.90 Å². The van der Waals surface area contributed by atoms with E-state index in [0.29, 0.717) is 23.3 Å². The van der Waals surface area contributed by atoms with Crippen LogP contribution in [0.1, 0.15) is 39.2 Å². The van der Waals surface area contributed by atoms with Crippen LogP contribution < -0.4 is 15.0 Å². The summed E-state index contributed by atoms with van der Waals surface area (Å²) in [5.41, 5.74) is 3.70. The highest BCUT2D eigenvalue weighted by molar-refractivity contribution is 5.88. The zero-order chi connectivity index (χ0) is 23.1. The Bertz CT molecular complexity index is 1190. The molecule has 0 amide bonds. The molecule has 0 aliphatic rings. The van der Waals surface area contributed by atoms with Crippen molar-refractivity contribution in [3.05, 3.63) is 87.7 Å². The Morgan fingerprint density at radius 3 is 2.50 bits per heavy atom. The minimum absolute atomic E-state index is 0.200. The average Bonchev–Trinajstić information content (AvgIpc) is 2.79. The minimum atomic E-state index is -0.503. The molecule has 0 saturated carbocycles. The van der Waals surface area contributed by atoms with E-state index in [0.717, 1.165) is 18.4 Å². The van der Waals surface area contributed by atoms with Crippen LogP contribution in [0, 0.1) is 0 Å². The van der Waals surface area contributed by atoms with Crippen molar-refractivity contribution in [3.8, 4) is 17.2 Å². The summed E-state index contributed by atoms with van der Waals surface area (Å²) in [6.07, 6.45) is 6.12. The first-order valence-corrected chi connectivity index (χ1v) is 10.8. The van der Waals surface area contributed by atoms with Crippen molar-refractivity contribution in [2.24, 2.45) is 7.05 Å². The van der Waals surface area contributed by atoms with Gasteiger partial charge in [0.25, 0.3) is 5.56 Å². The number of pyridine rings is 1. The molecule has 5 heteroatoms. The third-order valence-electron chi connectivity index (χ3n) is 5.30.